The summed E-state index contributed by atoms with van der Waals surface area (Å²) in [5, 5.41) is 4.37. The lowest BCUT2D eigenvalue weighted by Gasteiger charge is -2.33. The minimum atomic E-state index is 0.253. The predicted molar refractivity (Wildman–Crippen MR) is 126 cm³/mol. The van der Waals surface area contributed by atoms with E-state index in [9.17, 15) is 4.79 Å². The molecule has 2 aliphatic heterocycles. The summed E-state index contributed by atoms with van der Waals surface area (Å²) in [6, 6.07) is 10.3. The van der Waals surface area contributed by atoms with Crippen LogP contribution in [0.4, 0.5) is 17.2 Å². The minimum absolute atomic E-state index is 0.253. The van der Waals surface area contributed by atoms with Crippen LogP contribution in [-0.4, -0.2) is 66.7 Å². The highest BCUT2D eigenvalue weighted by molar-refractivity contribution is 5.87. The average Bonchev–Trinajstić information content (AvgIpc) is 3.33. The lowest BCUT2D eigenvalue weighted by atomic mass is 9.92. The summed E-state index contributed by atoms with van der Waals surface area (Å²) in [5.74, 6) is 1.57. The third kappa shape index (κ3) is 4.70. The molecule has 0 radical (unpaired) electrons. The van der Waals surface area contributed by atoms with Gasteiger partial charge in [0.15, 0.2) is 5.78 Å². The van der Waals surface area contributed by atoms with E-state index in [1.165, 1.54) is 5.69 Å². The van der Waals surface area contributed by atoms with Crippen LogP contribution < -0.4 is 15.1 Å². The number of piperidine rings is 1. The molecule has 0 aliphatic carbocycles. The molecule has 2 saturated heterocycles. The molecule has 2 aromatic heterocycles. The van der Waals surface area contributed by atoms with Gasteiger partial charge in [0, 0.05) is 50.2 Å². The molecule has 0 saturated carbocycles. The van der Waals surface area contributed by atoms with Crippen LogP contribution in [0.25, 0.3) is 11.0 Å². The van der Waals surface area contributed by atoms with Gasteiger partial charge < -0.3 is 24.8 Å². The van der Waals surface area contributed by atoms with Gasteiger partial charge in [-0.05, 0) is 43.0 Å². The maximum Gasteiger partial charge on any atom is 0.152 e. The van der Waals surface area contributed by atoms with Crippen LogP contribution in [0, 0.1) is 5.92 Å². The first-order valence-electron chi connectivity index (χ1n) is 11.5. The number of Topliss-reactive ketones (excluding diaryl/α,β-unsaturated/α-hetero) is 1. The SMILES string of the molecule is O=C(CNc1cccc(N2CCOCC2)c1)CC1CCCN(c2ncnc3[nH]ccc23)C1. The number of H-pyrrole nitrogens is 1. The predicted octanol–water partition coefficient (Wildman–Crippen LogP) is 3.08. The molecule has 2 fully saturated rings. The van der Waals surface area contributed by atoms with E-state index in [-0.39, 0.29) is 5.78 Å². The molecule has 32 heavy (non-hydrogen) atoms. The van der Waals surface area contributed by atoms with E-state index in [4.69, 9.17) is 4.74 Å². The van der Waals surface area contributed by atoms with E-state index in [0.717, 1.165) is 74.8 Å². The molecule has 1 aromatic carbocycles. The Morgan fingerprint density at radius 3 is 2.97 bits per heavy atom. The number of ether oxygens (including phenoxy) is 1. The summed E-state index contributed by atoms with van der Waals surface area (Å²) in [7, 11) is 0. The lowest BCUT2D eigenvalue weighted by molar-refractivity contribution is -0.118. The number of aromatic nitrogens is 3. The summed E-state index contributed by atoms with van der Waals surface area (Å²) < 4.78 is 5.44. The van der Waals surface area contributed by atoms with Crippen LogP contribution in [0.1, 0.15) is 19.3 Å². The van der Waals surface area contributed by atoms with Crippen molar-refractivity contribution in [2.75, 3.05) is 61.1 Å². The van der Waals surface area contributed by atoms with Crippen LogP contribution in [0.5, 0.6) is 0 Å². The number of hydrogen-bond acceptors (Lipinski definition) is 7. The van der Waals surface area contributed by atoms with Crippen LogP contribution in [0.3, 0.4) is 0 Å². The number of morpholine rings is 1. The lowest BCUT2D eigenvalue weighted by Crippen LogP contribution is -2.37. The fourth-order valence-corrected chi connectivity index (χ4v) is 4.76. The summed E-state index contributed by atoms with van der Waals surface area (Å²) in [6.07, 6.45) is 6.25. The van der Waals surface area contributed by atoms with Gasteiger partial charge in [-0.2, -0.15) is 0 Å². The molecule has 3 aromatic rings. The fourth-order valence-electron chi connectivity index (χ4n) is 4.76. The minimum Gasteiger partial charge on any atom is -0.378 e. The Labute approximate surface area is 188 Å². The zero-order valence-corrected chi connectivity index (χ0v) is 18.3. The highest BCUT2D eigenvalue weighted by atomic mass is 16.5. The average molecular weight is 435 g/mol. The Kier molecular flexibility index (Phi) is 6.20. The number of benzene rings is 1. The van der Waals surface area contributed by atoms with Crippen LogP contribution >= 0.6 is 0 Å². The van der Waals surface area contributed by atoms with Crippen LogP contribution in [0.15, 0.2) is 42.9 Å². The normalized spacial score (nSPS) is 19.3. The van der Waals surface area contributed by atoms with E-state index in [1.807, 2.05) is 24.4 Å². The molecule has 8 nitrogen and oxygen atoms in total. The van der Waals surface area contributed by atoms with Gasteiger partial charge in [-0.15, -0.1) is 0 Å². The topological polar surface area (TPSA) is 86.4 Å². The Morgan fingerprint density at radius 2 is 2.06 bits per heavy atom. The van der Waals surface area contributed by atoms with E-state index in [2.05, 4.69) is 42.2 Å². The van der Waals surface area contributed by atoms with Crippen molar-refractivity contribution in [2.45, 2.75) is 19.3 Å². The van der Waals surface area contributed by atoms with E-state index < -0.39 is 0 Å². The molecule has 5 rings (SSSR count). The summed E-state index contributed by atoms with van der Waals surface area (Å²) in [6.45, 7) is 5.52. The van der Waals surface area contributed by atoms with Gasteiger partial charge in [0.05, 0.1) is 25.1 Å². The zero-order valence-electron chi connectivity index (χ0n) is 18.3. The second kappa shape index (κ2) is 9.56. The number of anilines is 3. The number of carbonyl (C=O) groups is 1. The van der Waals surface area contributed by atoms with E-state index >= 15 is 0 Å². The summed E-state index contributed by atoms with van der Waals surface area (Å²) in [4.78, 5) is 29.3. The second-order valence-corrected chi connectivity index (χ2v) is 8.64. The van der Waals surface area contributed by atoms with E-state index in [0.29, 0.717) is 18.9 Å². The van der Waals surface area contributed by atoms with Gasteiger partial charge in [-0.1, -0.05) is 6.07 Å². The third-order valence-corrected chi connectivity index (χ3v) is 6.38. The van der Waals surface area contributed by atoms with Crippen molar-refractivity contribution >= 4 is 34.0 Å². The molecular formula is C24H30N6O2. The highest BCUT2D eigenvalue weighted by Crippen LogP contribution is 2.28. The molecule has 4 heterocycles. The Balaban J connectivity index is 1.15. The maximum absolute atomic E-state index is 12.7. The van der Waals surface area contributed by atoms with Crippen molar-refractivity contribution in [1.29, 1.82) is 0 Å². The summed E-state index contributed by atoms with van der Waals surface area (Å²) in [5.41, 5.74) is 3.02. The number of ketones is 1. The Hall–Kier alpha value is -3.13. The quantitative estimate of drug-likeness (QED) is 0.591. The fraction of sp³-hybridized carbons (Fsp3) is 0.458. The standard InChI is InChI=1S/C24H30N6O2/c31-21(15-26-19-4-1-5-20(14-19)29-9-11-32-12-10-29)13-18-3-2-8-30(16-18)24-22-6-7-25-23(22)27-17-28-24/h1,4-7,14,17-18,26H,2-3,8-13,15-16H2,(H,25,27,28). The van der Waals surface area contributed by atoms with Crippen molar-refractivity contribution in [3.8, 4) is 0 Å². The van der Waals surface area contributed by atoms with Gasteiger partial charge in [-0.3, -0.25) is 4.79 Å². The highest BCUT2D eigenvalue weighted by Gasteiger charge is 2.24. The molecular weight excluding hydrogens is 404 g/mol. The van der Waals surface area contributed by atoms with Crippen molar-refractivity contribution in [1.82, 2.24) is 15.0 Å². The van der Waals surface area contributed by atoms with Crippen LogP contribution in [-0.2, 0) is 9.53 Å². The first kappa shape index (κ1) is 20.8. The van der Waals surface area contributed by atoms with Gasteiger partial charge in [0.2, 0.25) is 0 Å². The van der Waals surface area contributed by atoms with Gasteiger partial charge >= 0.3 is 0 Å². The first-order valence-corrected chi connectivity index (χ1v) is 11.5. The maximum atomic E-state index is 12.7. The molecule has 2 N–H and O–H groups in total. The van der Waals surface area contributed by atoms with E-state index in [1.54, 1.807) is 6.33 Å². The summed E-state index contributed by atoms with van der Waals surface area (Å²) >= 11 is 0. The molecule has 1 atom stereocenters. The largest absolute Gasteiger partial charge is 0.378 e. The van der Waals surface area contributed by atoms with Crippen molar-refractivity contribution in [3.05, 3.63) is 42.9 Å². The molecule has 168 valence electrons. The molecule has 8 heteroatoms. The number of aromatic amines is 1. The number of nitrogens with one attached hydrogen (secondary N) is 2. The number of carbonyl (C=O) groups excluding carboxylic acids is 1. The molecule has 0 spiro atoms. The third-order valence-electron chi connectivity index (χ3n) is 6.38. The van der Waals surface area contributed by atoms with Gasteiger partial charge in [0.1, 0.15) is 17.8 Å². The number of hydrogen-bond donors (Lipinski definition) is 2. The van der Waals surface area contributed by atoms with Crippen LogP contribution in [0.2, 0.25) is 0 Å². The number of fused-ring (bicyclic) bond motifs is 1. The van der Waals surface area contributed by atoms with Gasteiger partial charge in [-0.25, -0.2) is 9.97 Å². The van der Waals surface area contributed by atoms with Crippen molar-refractivity contribution in [2.24, 2.45) is 5.92 Å². The van der Waals surface area contributed by atoms with Crippen molar-refractivity contribution in [3.63, 3.8) is 0 Å². The molecule has 1 unspecified atom stereocenters. The van der Waals surface area contributed by atoms with Gasteiger partial charge in [0.25, 0.3) is 0 Å². The molecule has 0 bridgehead atoms. The Bertz CT molecular complexity index is 1060. The second-order valence-electron chi connectivity index (χ2n) is 8.64. The Morgan fingerprint density at radius 1 is 1.16 bits per heavy atom. The number of nitrogens with zero attached hydrogens (tertiary/aromatic N) is 4. The number of rotatable bonds is 7. The first-order chi connectivity index (χ1) is 15.8. The van der Waals surface area contributed by atoms with Crippen molar-refractivity contribution < 1.29 is 9.53 Å². The monoisotopic (exact) mass is 434 g/mol. The molecule has 0 amide bonds. The zero-order chi connectivity index (χ0) is 21.8. The molecule has 2 aliphatic rings. The smallest absolute Gasteiger partial charge is 0.152 e.